The van der Waals surface area contributed by atoms with E-state index in [-0.39, 0.29) is 29.8 Å². The molecule has 0 aromatic heterocycles. The van der Waals surface area contributed by atoms with Crippen LogP contribution in [0, 0.1) is 11.8 Å². The molecule has 2 rings (SSSR count). The molecule has 0 fully saturated rings. The molecule has 1 amide bonds. The number of esters is 1. The number of aromatic carboxylic acids is 1. The minimum Gasteiger partial charge on any atom is -0.481 e. The van der Waals surface area contributed by atoms with E-state index < -0.39 is 35.7 Å². The third-order valence-electron chi connectivity index (χ3n) is 3.88. The highest BCUT2D eigenvalue weighted by atomic mass is 35.5. The summed E-state index contributed by atoms with van der Waals surface area (Å²) in [6.45, 7) is 1.13. The number of allylic oxidation sites excluding steroid dienone is 2. The number of rotatable bonds is 5. The van der Waals surface area contributed by atoms with Crippen LogP contribution in [-0.2, 0) is 14.4 Å². The number of aliphatic carboxylic acids is 1. The normalized spacial score (nSPS) is 19.2. The van der Waals surface area contributed by atoms with Crippen LogP contribution in [0.3, 0.4) is 0 Å². The quantitative estimate of drug-likeness (QED) is 0.527. The molecule has 26 heavy (non-hydrogen) atoms. The summed E-state index contributed by atoms with van der Waals surface area (Å²) >= 11 is 5.93. The number of carbonyl (C=O) groups excluding carboxylic acids is 2. The number of hydrogen-bond acceptors (Lipinski definition) is 5. The first-order chi connectivity index (χ1) is 12.2. The van der Waals surface area contributed by atoms with Crippen LogP contribution < -0.4 is 10.1 Å². The predicted molar refractivity (Wildman–Crippen MR) is 91.1 cm³/mol. The molecule has 0 saturated heterocycles. The van der Waals surface area contributed by atoms with E-state index in [1.54, 1.807) is 6.08 Å². The summed E-state index contributed by atoms with van der Waals surface area (Å²) < 4.78 is 4.81. The summed E-state index contributed by atoms with van der Waals surface area (Å²) in [5.41, 5.74) is -0.174. The highest BCUT2D eigenvalue weighted by molar-refractivity contribution is 6.29. The number of carbonyl (C=O) groups is 4. The molecule has 1 aliphatic rings. The average Bonchev–Trinajstić information content (AvgIpc) is 2.55. The number of anilines is 1. The lowest BCUT2D eigenvalue weighted by molar-refractivity contribution is -0.146. The molecule has 0 radical (unpaired) electrons. The molecule has 138 valence electrons. The fraction of sp³-hybridized carbons (Fsp3) is 0.294. The SMILES string of the molecule is CC(=O)Oc1ccc(NC(=O)C2CC(Cl)=CCC2C(=O)O)cc1C(=O)O. The number of ether oxygens (including phenoxy) is 1. The average molecular weight is 382 g/mol. The van der Waals surface area contributed by atoms with E-state index in [1.807, 2.05) is 0 Å². The molecular formula is C17H16ClNO7. The zero-order chi connectivity index (χ0) is 19.4. The van der Waals surface area contributed by atoms with Crippen molar-refractivity contribution in [2.24, 2.45) is 11.8 Å². The summed E-state index contributed by atoms with van der Waals surface area (Å²) in [4.78, 5) is 46.2. The lowest BCUT2D eigenvalue weighted by Gasteiger charge is -2.26. The van der Waals surface area contributed by atoms with Gasteiger partial charge in [0.2, 0.25) is 5.91 Å². The van der Waals surface area contributed by atoms with E-state index in [4.69, 9.17) is 16.3 Å². The summed E-state index contributed by atoms with van der Waals surface area (Å²) in [6, 6.07) is 3.73. The monoisotopic (exact) mass is 381 g/mol. The summed E-state index contributed by atoms with van der Waals surface area (Å²) in [7, 11) is 0. The van der Waals surface area contributed by atoms with Crippen LogP contribution in [0.15, 0.2) is 29.3 Å². The van der Waals surface area contributed by atoms with Crippen LogP contribution in [-0.4, -0.2) is 34.0 Å². The minimum absolute atomic E-state index is 0.0850. The van der Waals surface area contributed by atoms with Crippen molar-refractivity contribution in [2.75, 3.05) is 5.32 Å². The largest absolute Gasteiger partial charge is 0.481 e. The van der Waals surface area contributed by atoms with Gasteiger partial charge in [0, 0.05) is 17.6 Å². The Labute approximate surface area is 153 Å². The van der Waals surface area contributed by atoms with E-state index in [0.29, 0.717) is 5.03 Å². The Morgan fingerprint density at radius 3 is 2.46 bits per heavy atom. The fourth-order valence-electron chi connectivity index (χ4n) is 2.66. The third-order valence-corrected chi connectivity index (χ3v) is 4.19. The Bertz CT molecular complexity index is 802. The van der Waals surface area contributed by atoms with Crippen molar-refractivity contribution in [3.63, 3.8) is 0 Å². The summed E-state index contributed by atoms with van der Waals surface area (Å²) in [6.07, 6.45) is 1.79. The smallest absolute Gasteiger partial charge is 0.339 e. The van der Waals surface area contributed by atoms with E-state index >= 15 is 0 Å². The maximum Gasteiger partial charge on any atom is 0.339 e. The van der Waals surface area contributed by atoms with Gasteiger partial charge in [-0.2, -0.15) is 0 Å². The Balaban J connectivity index is 2.24. The number of carboxylic acids is 2. The van der Waals surface area contributed by atoms with Gasteiger partial charge in [0.05, 0.1) is 11.8 Å². The molecule has 0 bridgehead atoms. The van der Waals surface area contributed by atoms with Crippen LogP contribution in [0.4, 0.5) is 5.69 Å². The van der Waals surface area contributed by atoms with Gasteiger partial charge in [0.15, 0.2) is 0 Å². The molecule has 1 aliphatic carbocycles. The van der Waals surface area contributed by atoms with E-state index in [0.717, 1.165) is 13.0 Å². The highest BCUT2D eigenvalue weighted by Gasteiger charge is 2.36. The number of benzene rings is 1. The van der Waals surface area contributed by atoms with Gasteiger partial charge < -0.3 is 20.3 Å². The predicted octanol–water partition coefficient (Wildman–Crippen LogP) is 2.48. The topological polar surface area (TPSA) is 130 Å². The van der Waals surface area contributed by atoms with Crippen LogP contribution in [0.2, 0.25) is 0 Å². The lowest BCUT2D eigenvalue weighted by atomic mass is 9.82. The first kappa shape index (κ1) is 19.5. The second-order valence-electron chi connectivity index (χ2n) is 5.74. The molecule has 0 aliphatic heterocycles. The Hall–Kier alpha value is -2.87. The molecule has 2 unspecified atom stereocenters. The number of halogens is 1. The van der Waals surface area contributed by atoms with E-state index in [9.17, 15) is 29.4 Å². The Morgan fingerprint density at radius 1 is 1.19 bits per heavy atom. The molecule has 1 aromatic rings. The van der Waals surface area contributed by atoms with Crippen LogP contribution in [0.1, 0.15) is 30.1 Å². The van der Waals surface area contributed by atoms with Crippen molar-refractivity contribution in [1.82, 2.24) is 0 Å². The van der Waals surface area contributed by atoms with Gasteiger partial charge >= 0.3 is 17.9 Å². The first-order valence-corrected chi connectivity index (χ1v) is 8.00. The van der Waals surface area contributed by atoms with Gasteiger partial charge in [-0.1, -0.05) is 17.7 Å². The number of amides is 1. The van der Waals surface area contributed by atoms with Gasteiger partial charge in [0.25, 0.3) is 0 Å². The van der Waals surface area contributed by atoms with Crippen molar-refractivity contribution in [3.05, 3.63) is 34.9 Å². The maximum absolute atomic E-state index is 12.5. The lowest BCUT2D eigenvalue weighted by Crippen LogP contribution is -2.35. The first-order valence-electron chi connectivity index (χ1n) is 7.63. The second kappa shape index (κ2) is 8.01. The van der Waals surface area contributed by atoms with Gasteiger partial charge in [0.1, 0.15) is 11.3 Å². The Morgan fingerprint density at radius 2 is 1.88 bits per heavy atom. The van der Waals surface area contributed by atoms with E-state index in [2.05, 4.69) is 5.32 Å². The molecule has 0 heterocycles. The molecule has 0 saturated carbocycles. The number of carboxylic acid groups (broad SMARTS) is 2. The number of hydrogen-bond donors (Lipinski definition) is 3. The molecular weight excluding hydrogens is 366 g/mol. The van der Waals surface area contributed by atoms with Gasteiger partial charge in [-0.15, -0.1) is 0 Å². The van der Waals surface area contributed by atoms with Crippen LogP contribution in [0.5, 0.6) is 5.75 Å². The molecule has 9 heteroatoms. The van der Waals surface area contributed by atoms with Crippen molar-refractivity contribution in [2.45, 2.75) is 19.8 Å². The summed E-state index contributed by atoms with van der Waals surface area (Å²) in [5.74, 6) is -5.68. The third kappa shape index (κ3) is 4.60. The van der Waals surface area contributed by atoms with Crippen molar-refractivity contribution in [3.8, 4) is 5.75 Å². The zero-order valence-electron chi connectivity index (χ0n) is 13.7. The van der Waals surface area contributed by atoms with Gasteiger partial charge in [-0.3, -0.25) is 14.4 Å². The van der Waals surface area contributed by atoms with Crippen LogP contribution >= 0.6 is 11.6 Å². The standard InChI is InChI=1S/C17H16ClNO7/c1-8(20)26-14-5-3-10(7-13(14)17(24)25)19-15(21)12-6-9(18)2-4-11(12)16(22)23/h2-3,5,7,11-12H,4,6H2,1H3,(H,19,21)(H,22,23)(H,24,25). The molecule has 0 spiro atoms. The van der Waals surface area contributed by atoms with Crippen molar-refractivity contribution < 1.29 is 34.1 Å². The fourth-order valence-corrected chi connectivity index (χ4v) is 2.91. The molecule has 8 nitrogen and oxygen atoms in total. The van der Waals surface area contributed by atoms with Gasteiger partial charge in [-0.05, 0) is 31.0 Å². The minimum atomic E-state index is -1.34. The molecule has 1 aromatic carbocycles. The molecule has 2 atom stereocenters. The highest BCUT2D eigenvalue weighted by Crippen LogP contribution is 2.33. The zero-order valence-corrected chi connectivity index (χ0v) is 14.4. The molecule has 3 N–H and O–H groups in total. The maximum atomic E-state index is 12.5. The van der Waals surface area contributed by atoms with Crippen LogP contribution in [0.25, 0.3) is 0 Å². The van der Waals surface area contributed by atoms with Crippen molar-refractivity contribution in [1.29, 1.82) is 0 Å². The summed E-state index contributed by atoms with van der Waals surface area (Å²) in [5, 5.41) is 21.4. The second-order valence-corrected chi connectivity index (χ2v) is 6.23. The Kier molecular flexibility index (Phi) is 5.99. The number of nitrogens with one attached hydrogen (secondary N) is 1. The van der Waals surface area contributed by atoms with Crippen molar-refractivity contribution >= 4 is 41.1 Å². The van der Waals surface area contributed by atoms with E-state index in [1.165, 1.54) is 12.1 Å². The van der Waals surface area contributed by atoms with Gasteiger partial charge in [-0.25, -0.2) is 4.79 Å².